The lowest BCUT2D eigenvalue weighted by atomic mass is 10.1. The average Bonchev–Trinajstić information content (AvgIpc) is 2.47. The van der Waals surface area contributed by atoms with E-state index in [0.717, 1.165) is 0 Å². The molecule has 0 saturated carbocycles. The molecule has 2 rings (SSSR count). The fourth-order valence-corrected chi connectivity index (χ4v) is 3.93. The van der Waals surface area contributed by atoms with Gasteiger partial charge in [-0.05, 0) is 42.7 Å². The van der Waals surface area contributed by atoms with Crippen LogP contribution in [0, 0.1) is 13.8 Å². The fourth-order valence-electron chi connectivity index (χ4n) is 2.46. The lowest BCUT2D eigenvalue weighted by Gasteiger charge is -2.14. The SMILES string of the molecule is COc1cc(C)c(S(=O)(=O)NCc2ccc(=O)n(C)c2)c(C)c1. The highest BCUT2D eigenvalue weighted by Gasteiger charge is 2.20. The molecule has 2 aromatic rings. The lowest BCUT2D eigenvalue weighted by molar-refractivity contribution is 0.413. The predicted octanol–water partition coefficient (Wildman–Crippen LogP) is 1.49. The van der Waals surface area contributed by atoms with Gasteiger partial charge in [-0.2, -0.15) is 0 Å². The third-order valence-corrected chi connectivity index (χ3v) is 5.26. The molecule has 0 fully saturated rings. The third kappa shape index (κ3) is 3.80. The van der Waals surface area contributed by atoms with Gasteiger partial charge in [0.2, 0.25) is 15.6 Å². The highest BCUT2D eigenvalue weighted by atomic mass is 32.2. The Kier molecular flexibility index (Phi) is 4.91. The largest absolute Gasteiger partial charge is 0.497 e. The zero-order valence-electron chi connectivity index (χ0n) is 13.6. The number of hydrogen-bond acceptors (Lipinski definition) is 4. The first-order chi connectivity index (χ1) is 10.7. The minimum Gasteiger partial charge on any atom is -0.497 e. The maximum absolute atomic E-state index is 12.6. The Morgan fingerprint density at radius 3 is 2.30 bits per heavy atom. The maximum Gasteiger partial charge on any atom is 0.250 e. The topological polar surface area (TPSA) is 77.4 Å². The van der Waals surface area contributed by atoms with Crippen LogP contribution in [0.2, 0.25) is 0 Å². The first kappa shape index (κ1) is 17.2. The summed E-state index contributed by atoms with van der Waals surface area (Å²) in [4.78, 5) is 11.6. The van der Waals surface area contributed by atoms with E-state index in [1.165, 1.54) is 10.6 Å². The second kappa shape index (κ2) is 6.55. The van der Waals surface area contributed by atoms with Gasteiger partial charge in [0.05, 0.1) is 12.0 Å². The van der Waals surface area contributed by atoms with E-state index in [0.29, 0.717) is 22.4 Å². The molecule has 0 aliphatic carbocycles. The molecule has 6 nitrogen and oxygen atoms in total. The standard InChI is InChI=1S/C16H20N2O4S/c1-11-7-14(22-4)8-12(2)16(11)23(20,21)17-9-13-5-6-15(19)18(3)10-13/h5-8,10,17H,9H2,1-4H3. The smallest absolute Gasteiger partial charge is 0.250 e. The van der Waals surface area contributed by atoms with E-state index in [4.69, 9.17) is 4.74 Å². The normalized spacial score (nSPS) is 11.5. The van der Waals surface area contributed by atoms with Crippen molar-refractivity contribution in [1.29, 1.82) is 0 Å². The van der Waals surface area contributed by atoms with Gasteiger partial charge < -0.3 is 9.30 Å². The van der Waals surface area contributed by atoms with Gasteiger partial charge in [0.25, 0.3) is 0 Å². The highest BCUT2D eigenvalue weighted by Crippen LogP contribution is 2.25. The van der Waals surface area contributed by atoms with E-state index in [2.05, 4.69) is 4.72 Å². The Balaban J connectivity index is 2.29. The second-order valence-corrected chi connectivity index (χ2v) is 7.11. The van der Waals surface area contributed by atoms with Crippen LogP contribution < -0.4 is 15.0 Å². The number of pyridine rings is 1. The molecule has 0 aliphatic heterocycles. The molecule has 0 atom stereocenters. The van der Waals surface area contributed by atoms with Gasteiger partial charge >= 0.3 is 0 Å². The van der Waals surface area contributed by atoms with Crippen LogP contribution in [-0.4, -0.2) is 20.1 Å². The zero-order chi connectivity index (χ0) is 17.2. The van der Waals surface area contributed by atoms with Crippen LogP contribution in [0.5, 0.6) is 5.75 Å². The molecule has 0 aliphatic rings. The van der Waals surface area contributed by atoms with E-state index in [1.54, 1.807) is 52.4 Å². The minimum atomic E-state index is -3.66. The van der Waals surface area contributed by atoms with Crippen molar-refractivity contribution in [3.8, 4) is 5.75 Å². The molecule has 7 heteroatoms. The molecule has 0 bridgehead atoms. The fraction of sp³-hybridized carbons (Fsp3) is 0.312. The molecule has 1 heterocycles. The summed E-state index contributed by atoms with van der Waals surface area (Å²) in [5.41, 5.74) is 1.81. The van der Waals surface area contributed by atoms with Crippen LogP contribution in [0.25, 0.3) is 0 Å². The number of hydrogen-bond donors (Lipinski definition) is 1. The quantitative estimate of drug-likeness (QED) is 0.897. The van der Waals surface area contributed by atoms with Gasteiger partial charge in [0, 0.05) is 25.9 Å². The van der Waals surface area contributed by atoms with E-state index in [-0.39, 0.29) is 17.0 Å². The summed E-state index contributed by atoms with van der Waals surface area (Å²) in [6.45, 7) is 3.58. The number of nitrogens with zero attached hydrogens (tertiary/aromatic N) is 1. The predicted molar refractivity (Wildman–Crippen MR) is 88.2 cm³/mol. The van der Waals surface area contributed by atoms with E-state index in [9.17, 15) is 13.2 Å². The number of ether oxygens (including phenoxy) is 1. The minimum absolute atomic E-state index is 0.112. The Bertz CT molecular complexity index is 862. The van der Waals surface area contributed by atoms with Gasteiger partial charge in [-0.3, -0.25) is 4.79 Å². The zero-order valence-corrected chi connectivity index (χ0v) is 14.4. The van der Waals surface area contributed by atoms with Gasteiger partial charge in [0.1, 0.15) is 5.75 Å². The Hall–Kier alpha value is -2.12. The number of sulfonamides is 1. The number of rotatable bonds is 5. The average molecular weight is 336 g/mol. The van der Waals surface area contributed by atoms with Crippen LogP contribution in [0.4, 0.5) is 0 Å². The molecule has 1 N–H and O–H groups in total. The van der Waals surface area contributed by atoms with Gasteiger partial charge in [-0.1, -0.05) is 6.07 Å². The molecule has 124 valence electrons. The summed E-state index contributed by atoms with van der Waals surface area (Å²) in [5, 5.41) is 0. The second-order valence-electron chi connectivity index (χ2n) is 5.40. The van der Waals surface area contributed by atoms with Crippen molar-refractivity contribution < 1.29 is 13.2 Å². The van der Waals surface area contributed by atoms with Gasteiger partial charge in [0.15, 0.2) is 0 Å². The van der Waals surface area contributed by atoms with E-state index < -0.39 is 10.0 Å². The van der Waals surface area contributed by atoms with Crippen LogP contribution in [-0.2, 0) is 23.6 Å². The summed E-state index contributed by atoms with van der Waals surface area (Å²) in [5.74, 6) is 0.622. The summed E-state index contributed by atoms with van der Waals surface area (Å²) in [7, 11) is -0.496. The summed E-state index contributed by atoms with van der Waals surface area (Å²) >= 11 is 0. The van der Waals surface area contributed by atoms with E-state index >= 15 is 0 Å². The Morgan fingerprint density at radius 2 is 1.78 bits per heavy atom. The molecule has 0 spiro atoms. The molecule has 1 aromatic carbocycles. The first-order valence-corrected chi connectivity index (χ1v) is 8.53. The van der Waals surface area contributed by atoms with Crippen molar-refractivity contribution >= 4 is 10.0 Å². The maximum atomic E-state index is 12.6. The molecule has 0 saturated heterocycles. The number of methoxy groups -OCH3 is 1. The third-order valence-electron chi connectivity index (χ3n) is 3.55. The van der Waals surface area contributed by atoms with E-state index in [1.807, 2.05) is 0 Å². The van der Waals surface area contributed by atoms with Crippen molar-refractivity contribution in [1.82, 2.24) is 9.29 Å². The number of benzene rings is 1. The summed E-state index contributed by atoms with van der Waals surface area (Å²) < 4.78 is 34.3. The molecule has 0 amide bonds. The monoisotopic (exact) mass is 336 g/mol. The molecule has 0 radical (unpaired) electrons. The molecular weight excluding hydrogens is 316 g/mol. The number of nitrogens with one attached hydrogen (secondary N) is 1. The molecule has 1 aromatic heterocycles. The Labute approximate surface area is 135 Å². The van der Waals surface area contributed by atoms with Crippen molar-refractivity contribution in [2.45, 2.75) is 25.3 Å². The van der Waals surface area contributed by atoms with Crippen LogP contribution >= 0.6 is 0 Å². The first-order valence-electron chi connectivity index (χ1n) is 7.05. The van der Waals surface area contributed by atoms with Gasteiger partial charge in [-0.25, -0.2) is 13.1 Å². The van der Waals surface area contributed by atoms with Crippen LogP contribution in [0.15, 0.2) is 40.2 Å². The number of aryl methyl sites for hydroxylation is 3. The summed E-state index contributed by atoms with van der Waals surface area (Å²) in [6.07, 6.45) is 1.61. The summed E-state index contributed by atoms with van der Waals surface area (Å²) in [6, 6.07) is 6.40. The van der Waals surface area contributed by atoms with Crippen LogP contribution in [0.3, 0.4) is 0 Å². The van der Waals surface area contributed by atoms with Crippen molar-refractivity contribution in [3.05, 3.63) is 57.5 Å². The van der Waals surface area contributed by atoms with Crippen molar-refractivity contribution in [2.75, 3.05) is 7.11 Å². The Morgan fingerprint density at radius 1 is 1.17 bits per heavy atom. The van der Waals surface area contributed by atoms with Crippen molar-refractivity contribution in [2.24, 2.45) is 7.05 Å². The molecule has 23 heavy (non-hydrogen) atoms. The number of aromatic nitrogens is 1. The van der Waals surface area contributed by atoms with Crippen LogP contribution in [0.1, 0.15) is 16.7 Å². The molecular formula is C16H20N2O4S. The highest BCUT2D eigenvalue weighted by molar-refractivity contribution is 7.89. The van der Waals surface area contributed by atoms with Crippen molar-refractivity contribution in [3.63, 3.8) is 0 Å². The molecule has 0 unspecified atom stereocenters. The lowest BCUT2D eigenvalue weighted by Crippen LogP contribution is -2.26. The van der Waals surface area contributed by atoms with Gasteiger partial charge in [-0.15, -0.1) is 0 Å².